The van der Waals surface area contributed by atoms with Crippen LogP contribution in [0.5, 0.6) is 0 Å². The van der Waals surface area contributed by atoms with Gasteiger partial charge in [-0.3, -0.25) is 0 Å². The molecule has 1 fully saturated rings. The Hall–Kier alpha value is -1.13. The van der Waals surface area contributed by atoms with Crippen molar-refractivity contribution in [1.82, 2.24) is 14.9 Å². The first-order valence-electron chi connectivity index (χ1n) is 8.13. The summed E-state index contributed by atoms with van der Waals surface area (Å²) >= 11 is 0. The van der Waals surface area contributed by atoms with E-state index in [1.54, 1.807) is 0 Å². The smallest absolute Gasteiger partial charge is 0.139 e. The summed E-state index contributed by atoms with van der Waals surface area (Å²) in [6.07, 6.45) is 9.67. The molecule has 0 amide bonds. The minimum atomic E-state index is 0.0888. The van der Waals surface area contributed by atoms with Crippen molar-refractivity contribution in [2.45, 2.75) is 71.7 Å². The molecule has 1 aliphatic heterocycles. The van der Waals surface area contributed by atoms with Crippen LogP contribution in [-0.2, 0) is 11.3 Å². The van der Waals surface area contributed by atoms with Crippen LogP contribution in [0.15, 0.2) is 24.0 Å². The van der Waals surface area contributed by atoms with Gasteiger partial charge in [-0.2, -0.15) is 0 Å². The molecular formula is C17H29N3O. The zero-order valence-electron chi connectivity index (χ0n) is 13.8. The molecule has 118 valence electrons. The molecule has 0 aliphatic carbocycles. The van der Waals surface area contributed by atoms with Crippen LogP contribution in [0, 0.1) is 0 Å². The Balaban J connectivity index is 1.91. The van der Waals surface area contributed by atoms with E-state index in [1.165, 1.54) is 5.57 Å². The molecule has 0 radical (unpaired) electrons. The van der Waals surface area contributed by atoms with Gasteiger partial charge in [-0.05, 0) is 47.0 Å². The number of nitrogens with zero attached hydrogens (tertiary/aromatic N) is 2. The van der Waals surface area contributed by atoms with Gasteiger partial charge in [-0.1, -0.05) is 11.6 Å². The largest absolute Gasteiger partial charge is 0.369 e. The first-order valence-corrected chi connectivity index (χ1v) is 8.13. The van der Waals surface area contributed by atoms with Crippen molar-refractivity contribution in [2.75, 3.05) is 6.61 Å². The van der Waals surface area contributed by atoms with Crippen molar-refractivity contribution in [3.05, 3.63) is 29.9 Å². The van der Waals surface area contributed by atoms with Gasteiger partial charge in [0.15, 0.2) is 0 Å². The van der Waals surface area contributed by atoms with Crippen LogP contribution in [0.2, 0.25) is 0 Å². The predicted octanol–water partition coefficient (Wildman–Crippen LogP) is 3.46. The lowest BCUT2D eigenvalue weighted by Gasteiger charge is -2.24. The lowest BCUT2D eigenvalue weighted by Crippen LogP contribution is -2.39. The number of aromatic nitrogens is 2. The molecule has 21 heavy (non-hydrogen) atoms. The van der Waals surface area contributed by atoms with Crippen LogP contribution in [-0.4, -0.2) is 28.2 Å². The van der Waals surface area contributed by atoms with Crippen LogP contribution in [0.1, 0.15) is 58.9 Å². The highest BCUT2D eigenvalue weighted by Gasteiger charge is 2.33. The lowest BCUT2D eigenvalue weighted by atomic mass is 10.1. The summed E-state index contributed by atoms with van der Waals surface area (Å²) in [7, 11) is 0. The summed E-state index contributed by atoms with van der Waals surface area (Å²) in [5.41, 5.74) is 1.40. The maximum absolute atomic E-state index is 5.94. The van der Waals surface area contributed by atoms with Crippen molar-refractivity contribution in [2.24, 2.45) is 0 Å². The van der Waals surface area contributed by atoms with Gasteiger partial charge in [0.05, 0.1) is 0 Å². The van der Waals surface area contributed by atoms with Crippen molar-refractivity contribution >= 4 is 0 Å². The minimum absolute atomic E-state index is 0.0888. The number of ether oxygens (including phenoxy) is 1. The summed E-state index contributed by atoms with van der Waals surface area (Å²) in [5, 5.41) is 3.73. The maximum atomic E-state index is 5.94. The minimum Gasteiger partial charge on any atom is -0.369 e. The van der Waals surface area contributed by atoms with Gasteiger partial charge in [0.25, 0.3) is 0 Å². The SMILES string of the molecule is CCn1ccnc1[C@H]1OCC[C@@H]1N[C@H](C)CCC=C(C)C. The van der Waals surface area contributed by atoms with E-state index in [-0.39, 0.29) is 6.10 Å². The third-order valence-electron chi connectivity index (χ3n) is 4.09. The second kappa shape index (κ2) is 7.76. The average molecular weight is 291 g/mol. The molecular weight excluding hydrogens is 262 g/mol. The predicted molar refractivity (Wildman–Crippen MR) is 86.3 cm³/mol. The normalized spacial score (nSPS) is 23.2. The number of aryl methyl sites for hydroxylation is 1. The zero-order valence-corrected chi connectivity index (χ0v) is 13.8. The van der Waals surface area contributed by atoms with Crippen molar-refractivity contribution < 1.29 is 4.74 Å². The summed E-state index contributed by atoms with van der Waals surface area (Å²) < 4.78 is 8.12. The number of rotatable bonds is 7. The summed E-state index contributed by atoms with van der Waals surface area (Å²) in [5.74, 6) is 1.06. The standard InChI is InChI=1S/C17H29N3O/c1-5-20-11-10-18-17(20)16-15(9-12-21-16)19-14(4)8-6-7-13(2)3/h7,10-11,14-16,19H,5-6,8-9,12H2,1-4H3/t14-,15+,16+/m1/s1. The Morgan fingerprint density at radius 3 is 3.10 bits per heavy atom. The number of hydrogen-bond acceptors (Lipinski definition) is 3. The van der Waals surface area contributed by atoms with Gasteiger partial charge >= 0.3 is 0 Å². The van der Waals surface area contributed by atoms with Crippen LogP contribution >= 0.6 is 0 Å². The lowest BCUT2D eigenvalue weighted by molar-refractivity contribution is 0.0867. The average Bonchev–Trinajstić information content (AvgIpc) is 3.05. The van der Waals surface area contributed by atoms with Gasteiger partial charge in [-0.15, -0.1) is 0 Å². The first kappa shape index (κ1) is 16.2. The van der Waals surface area contributed by atoms with E-state index in [2.05, 4.69) is 48.6 Å². The molecule has 0 spiro atoms. The van der Waals surface area contributed by atoms with E-state index in [4.69, 9.17) is 4.74 Å². The van der Waals surface area contributed by atoms with Crippen molar-refractivity contribution in [3.8, 4) is 0 Å². The van der Waals surface area contributed by atoms with Gasteiger partial charge in [-0.25, -0.2) is 4.98 Å². The fourth-order valence-corrected chi connectivity index (χ4v) is 2.93. The highest BCUT2D eigenvalue weighted by atomic mass is 16.5. The Morgan fingerprint density at radius 2 is 2.38 bits per heavy atom. The number of allylic oxidation sites excluding steroid dienone is 2. The number of hydrogen-bond donors (Lipinski definition) is 1. The molecule has 1 aromatic heterocycles. The molecule has 2 heterocycles. The summed E-state index contributed by atoms with van der Waals surface area (Å²) in [4.78, 5) is 4.50. The maximum Gasteiger partial charge on any atom is 0.139 e. The van der Waals surface area contributed by atoms with Gasteiger partial charge in [0.1, 0.15) is 11.9 Å². The van der Waals surface area contributed by atoms with E-state index in [0.29, 0.717) is 12.1 Å². The van der Waals surface area contributed by atoms with Crippen LogP contribution in [0.3, 0.4) is 0 Å². The van der Waals surface area contributed by atoms with E-state index < -0.39 is 0 Å². The highest BCUT2D eigenvalue weighted by molar-refractivity contribution is 5.04. The first-order chi connectivity index (χ1) is 10.1. The topological polar surface area (TPSA) is 39.1 Å². The Kier molecular flexibility index (Phi) is 6.00. The van der Waals surface area contributed by atoms with Crippen molar-refractivity contribution in [3.63, 3.8) is 0 Å². The van der Waals surface area contributed by atoms with Gasteiger partial charge in [0.2, 0.25) is 0 Å². The molecule has 0 aromatic carbocycles. The molecule has 4 heteroatoms. The Labute approximate surface area is 128 Å². The van der Waals surface area contributed by atoms with E-state index in [9.17, 15) is 0 Å². The molecule has 0 unspecified atom stereocenters. The molecule has 1 N–H and O–H groups in total. The fourth-order valence-electron chi connectivity index (χ4n) is 2.93. The number of imidazole rings is 1. The second-order valence-corrected chi connectivity index (χ2v) is 6.18. The zero-order chi connectivity index (χ0) is 15.2. The molecule has 3 atom stereocenters. The van der Waals surface area contributed by atoms with Crippen molar-refractivity contribution in [1.29, 1.82) is 0 Å². The Morgan fingerprint density at radius 1 is 1.57 bits per heavy atom. The molecule has 1 aromatic rings. The fraction of sp³-hybridized carbons (Fsp3) is 0.706. The third kappa shape index (κ3) is 4.42. The molecule has 0 bridgehead atoms. The van der Waals surface area contributed by atoms with Crippen LogP contribution in [0.4, 0.5) is 0 Å². The van der Waals surface area contributed by atoms with Gasteiger partial charge in [0, 0.05) is 37.6 Å². The van der Waals surface area contributed by atoms with Gasteiger partial charge < -0.3 is 14.6 Å². The number of nitrogens with one attached hydrogen (secondary N) is 1. The third-order valence-corrected chi connectivity index (χ3v) is 4.09. The summed E-state index contributed by atoms with van der Waals surface area (Å²) in [6, 6.07) is 0.874. The monoisotopic (exact) mass is 291 g/mol. The van der Waals surface area contributed by atoms with E-state index in [0.717, 1.165) is 38.2 Å². The van der Waals surface area contributed by atoms with E-state index in [1.807, 2.05) is 12.4 Å². The molecule has 1 saturated heterocycles. The quantitative estimate of drug-likeness (QED) is 0.782. The van der Waals surface area contributed by atoms with Crippen LogP contribution in [0.25, 0.3) is 0 Å². The molecule has 4 nitrogen and oxygen atoms in total. The molecule has 0 saturated carbocycles. The molecule has 2 rings (SSSR count). The van der Waals surface area contributed by atoms with Crippen LogP contribution < -0.4 is 5.32 Å². The second-order valence-electron chi connectivity index (χ2n) is 6.18. The Bertz CT molecular complexity index is 462. The molecule has 1 aliphatic rings. The highest BCUT2D eigenvalue weighted by Crippen LogP contribution is 2.28. The van der Waals surface area contributed by atoms with E-state index >= 15 is 0 Å². The summed E-state index contributed by atoms with van der Waals surface area (Å²) in [6.45, 7) is 10.5.